The molecule has 1 N–H and O–H groups in total. The van der Waals surface area contributed by atoms with Gasteiger partial charge in [-0.2, -0.15) is 18.4 Å². The van der Waals surface area contributed by atoms with Crippen LogP contribution in [0, 0.1) is 11.3 Å². The van der Waals surface area contributed by atoms with Crippen molar-refractivity contribution < 1.29 is 13.2 Å². The summed E-state index contributed by atoms with van der Waals surface area (Å²) in [5, 5.41) is 11.8. The van der Waals surface area contributed by atoms with Crippen LogP contribution in [0.15, 0.2) is 29.8 Å². The summed E-state index contributed by atoms with van der Waals surface area (Å²) < 4.78 is 37.4. The molecule has 1 rings (SSSR count). The van der Waals surface area contributed by atoms with Crippen LogP contribution < -0.4 is 5.32 Å². The van der Waals surface area contributed by atoms with Gasteiger partial charge in [0.2, 0.25) is 0 Å². The Morgan fingerprint density at radius 1 is 1.39 bits per heavy atom. The summed E-state index contributed by atoms with van der Waals surface area (Å²) in [7, 11) is 0. The van der Waals surface area contributed by atoms with Gasteiger partial charge >= 0.3 is 6.18 Å². The lowest BCUT2D eigenvalue weighted by Crippen LogP contribution is -2.07. The van der Waals surface area contributed by atoms with E-state index in [1.54, 1.807) is 6.07 Å². The zero-order valence-electron chi connectivity index (χ0n) is 10.1. The first-order valence-corrected chi connectivity index (χ1v) is 5.33. The first-order chi connectivity index (χ1) is 8.34. The number of anilines is 1. The molecule has 0 unspecified atom stereocenters. The van der Waals surface area contributed by atoms with Crippen LogP contribution in [0.1, 0.15) is 25.0 Å². The summed E-state index contributed by atoms with van der Waals surface area (Å²) in [6, 6.07) is 4.86. The number of nitrogens with one attached hydrogen (secondary N) is 1. The molecule has 0 spiro atoms. The average molecular weight is 254 g/mol. The van der Waals surface area contributed by atoms with Crippen molar-refractivity contribution in [3.8, 4) is 6.07 Å². The van der Waals surface area contributed by atoms with Crippen LogP contribution in [0.4, 0.5) is 18.9 Å². The highest BCUT2D eigenvalue weighted by atomic mass is 19.4. The molecule has 0 aromatic heterocycles. The Labute approximate surface area is 104 Å². The van der Waals surface area contributed by atoms with E-state index < -0.39 is 11.7 Å². The van der Waals surface area contributed by atoms with Gasteiger partial charge in [0.1, 0.15) is 6.07 Å². The van der Waals surface area contributed by atoms with Gasteiger partial charge in [-0.05, 0) is 32.0 Å². The number of allylic oxidation sites excluding steroid dienone is 1. The van der Waals surface area contributed by atoms with E-state index in [9.17, 15) is 13.2 Å². The molecule has 0 saturated carbocycles. The van der Waals surface area contributed by atoms with E-state index in [2.05, 4.69) is 5.32 Å². The minimum Gasteiger partial charge on any atom is -0.380 e. The van der Waals surface area contributed by atoms with E-state index in [0.717, 1.165) is 17.7 Å². The molecular formula is C13H13F3N2. The summed E-state index contributed by atoms with van der Waals surface area (Å²) >= 11 is 0. The Morgan fingerprint density at radius 2 is 2.06 bits per heavy atom. The van der Waals surface area contributed by atoms with Crippen LogP contribution in [-0.2, 0) is 6.18 Å². The van der Waals surface area contributed by atoms with Gasteiger partial charge in [0, 0.05) is 6.54 Å². The lowest BCUT2D eigenvalue weighted by atomic mass is 10.1. The molecule has 0 bridgehead atoms. The lowest BCUT2D eigenvalue weighted by Gasteiger charge is -2.10. The van der Waals surface area contributed by atoms with Crippen LogP contribution in [0.3, 0.4) is 0 Å². The van der Waals surface area contributed by atoms with Crippen molar-refractivity contribution in [2.24, 2.45) is 0 Å². The van der Waals surface area contributed by atoms with Crippen molar-refractivity contribution in [3.05, 3.63) is 41.0 Å². The first-order valence-electron chi connectivity index (χ1n) is 5.33. The first kappa shape index (κ1) is 14.1. The number of benzene rings is 1. The number of nitriles is 1. The molecular weight excluding hydrogens is 241 g/mol. The molecule has 0 aliphatic rings. The number of halogens is 3. The SMILES string of the molecule is CC(C)=CCNc1ccc(C(F)(F)F)cc1C#N. The maximum atomic E-state index is 12.5. The molecule has 0 amide bonds. The van der Waals surface area contributed by atoms with Crippen LogP contribution in [-0.4, -0.2) is 6.54 Å². The fraction of sp³-hybridized carbons (Fsp3) is 0.308. The second kappa shape index (κ2) is 5.58. The van der Waals surface area contributed by atoms with Crippen molar-refractivity contribution in [1.82, 2.24) is 0 Å². The molecule has 2 nitrogen and oxygen atoms in total. The quantitative estimate of drug-likeness (QED) is 0.829. The van der Waals surface area contributed by atoms with Crippen molar-refractivity contribution in [2.75, 3.05) is 11.9 Å². The molecule has 0 saturated heterocycles. The van der Waals surface area contributed by atoms with Gasteiger partial charge in [-0.1, -0.05) is 11.6 Å². The van der Waals surface area contributed by atoms with E-state index >= 15 is 0 Å². The zero-order chi connectivity index (χ0) is 13.8. The number of alkyl halides is 3. The van der Waals surface area contributed by atoms with Crippen molar-refractivity contribution >= 4 is 5.69 Å². The van der Waals surface area contributed by atoms with Gasteiger partial charge in [-0.25, -0.2) is 0 Å². The van der Waals surface area contributed by atoms with Crippen LogP contribution in [0.5, 0.6) is 0 Å². The van der Waals surface area contributed by atoms with Crippen LogP contribution in [0.25, 0.3) is 0 Å². The number of rotatable bonds is 3. The van der Waals surface area contributed by atoms with Gasteiger partial charge in [0.05, 0.1) is 16.8 Å². The fourth-order valence-corrected chi connectivity index (χ4v) is 1.33. The van der Waals surface area contributed by atoms with E-state index in [0.29, 0.717) is 12.2 Å². The third-order valence-corrected chi connectivity index (χ3v) is 2.27. The Balaban J connectivity index is 2.95. The van der Waals surface area contributed by atoms with Crippen molar-refractivity contribution in [2.45, 2.75) is 20.0 Å². The molecule has 1 aromatic carbocycles. The maximum Gasteiger partial charge on any atom is 0.416 e. The number of hydrogen-bond donors (Lipinski definition) is 1. The zero-order valence-corrected chi connectivity index (χ0v) is 10.1. The van der Waals surface area contributed by atoms with Gasteiger partial charge in [0.25, 0.3) is 0 Å². The standard InChI is InChI=1S/C13H13F3N2/c1-9(2)5-6-18-12-4-3-11(13(14,15)16)7-10(12)8-17/h3-5,7,18H,6H2,1-2H3. The summed E-state index contributed by atoms with van der Waals surface area (Å²) in [4.78, 5) is 0. The molecule has 0 heterocycles. The largest absolute Gasteiger partial charge is 0.416 e. The number of hydrogen-bond acceptors (Lipinski definition) is 2. The van der Waals surface area contributed by atoms with E-state index in [1.807, 2.05) is 19.9 Å². The molecule has 1 aromatic rings. The highest BCUT2D eigenvalue weighted by Crippen LogP contribution is 2.31. The van der Waals surface area contributed by atoms with Gasteiger partial charge < -0.3 is 5.32 Å². The maximum absolute atomic E-state index is 12.5. The molecule has 0 atom stereocenters. The second-order valence-electron chi connectivity index (χ2n) is 4.03. The van der Waals surface area contributed by atoms with E-state index in [4.69, 9.17) is 5.26 Å². The molecule has 96 valence electrons. The molecule has 5 heteroatoms. The van der Waals surface area contributed by atoms with Crippen LogP contribution >= 0.6 is 0 Å². The predicted octanol–water partition coefficient (Wildman–Crippen LogP) is 3.96. The molecule has 18 heavy (non-hydrogen) atoms. The summed E-state index contributed by atoms with van der Waals surface area (Å²) in [6.07, 6.45) is -2.54. The summed E-state index contributed by atoms with van der Waals surface area (Å²) in [5.74, 6) is 0. The average Bonchev–Trinajstić information content (AvgIpc) is 2.27. The molecule has 0 aliphatic heterocycles. The van der Waals surface area contributed by atoms with Crippen LogP contribution in [0.2, 0.25) is 0 Å². The fourth-order valence-electron chi connectivity index (χ4n) is 1.33. The van der Waals surface area contributed by atoms with Gasteiger partial charge in [-0.15, -0.1) is 0 Å². The Bertz CT molecular complexity index is 492. The smallest absolute Gasteiger partial charge is 0.380 e. The van der Waals surface area contributed by atoms with Crippen molar-refractivity contribution in [3.63, 3.8) is 0 Å². The predicted molar refractivity (Wildman–Crippen MR) is 64.1 cm³/mol. The second-order valence-corrected chi connectivity index (χ2v) is 4.03. The number of nitrogens with zero attached hydrogens (tertiary/aromatic N) is 1. The molecule has 0 aliphatic carbocycles. The van der Waals surface area contributed by atoms with E-state index in [1.165, 1.54) is 6.07 Å². The van der Waals surface area contributed by atoms with E-state index in [-0.39, 0.29) is 5.56 Å². The normalized spacial score (nSPS) is 10.7. The van der Waals surface area contributed by atoms with Gasteiger partial charge in [-0.3, -0.25) is 0 Å². The lowest BCUT2D eigenvalue weighted by molar-refractivity contribution is -0.137. The Morgan fingerprint density at radius 3 is 2.56 bits per heavy atom. The monoisotopic (exact) mass is 254 g/mol. The third kappa shape index (κ3) is 3.81. The minimum absolute atomic E-state index is 0.00742. The van der Waals surface area contributed by atoms with Gasteiger partial charge in [0.15, 0.2) is 0 Å². The highest BCUT2D eigenvalue weighted by Gasteiger charge is 2.30. The molecule has 0 fully saturated rings. The Kier molecular flexibility index (Phi) is 4.38. The highest BCUT2D eigenvalue weighted by molar-refractivity contribution is 5.59. The van der Waals surface area contributed by atoms with Crippen molar-refractivity contribution in [1.29, 1.82) is 5.26 Å². The minimum atomic E-state index is -4.43. The Hall–Kier alpha value is -1.96. The summed E-state index contributed by atoms with van der Waals surface area (Å²) in [5.41, 5.74) is 0.676. The third-order valence-electron chi connectivity index (χ3n) is 2.27. The topological polar surface area (TPSA) is 35.8 Å². The summed E-state index contributed by atoms with van der Waals surface area (Å²) in [6.45, 7) is 4.31. The molecule has 0 radical (unpaired) electrons.